The third kappa shape index (κ3) is 5.56. The number of ether oxygens (including phenoxy) is 2. The average molecular weight is 563 g/mol. The molecule has 5 aliphatic carbocycles. The van der Waals surface area contributed by atoms with Crippen molar-refractivity contribution in [2.75, 3.05) is 13.2 Å². The van der Waals surface area contributed by atoms with E-state index in [1.54, 1.807) is 0 Å². The van der Waals surface area contributed by atoms with Crippen molar-refractivity contribution in [2.45, 2.75) is 104 Å². The highest BCUT2D eigenvalue weighted by molar-refractivity contribution is 5.58. The van der Waals surface area contributed by atoms with E-state index in [2.05, 4.69) is 41.5 Å². The first-order valence-electron chi connectivity index (χ1n) is 15.5. The van der Waals surface area contributed by atoms with Gasteiger partial charge in [0.2, 0.25) is 0 Å². The van der Waals surface area contributed by atoms with Crippen LogP contribution in [0.1, 0.15) is 103 Å². The summed E-state index contributed by atoms with van der Waals surface area (Å²) in [5, 5.41) is 0. The summed E-state index contributed by atoms with van der Waals surface area (Å²) in [6.45, 7) is 13.9. The first-order chi connectivity index (χ1) is 19.0. The first kappa shape index (κ1) is 29.8. The van der Waals surface area contributed by atoms with Crippen LogP contribution in [0.3, 0.4) is 0 Å². The summed E-state index contributed by atoms with van der Waals surface area (Å²) in [7, 11) is 0. The molecule has 2 fully saturated rings. The lowest BCUT2D eigenvalue weighted by Crippen LogP contribution is -2.36. The number of allylic oxidation sites excluding steroid dienone is 2. The second-order valence-corrected chi connectivity index (χ2v) is 13.9. The maximum absolute atomic E-state index is 15.2. The number of hydrogen-bond acceptors (Lipinski definition) is 2. The van der Waals surface area contributed by atoms with Crippen LogP contribution >= 0.6 is 0 Å². The lowest BCUT2D eigenvalue weighted by molar-refractivity contribution is -0.0317. The quantitative estimate of drug-likeness (QED) is 0.136. The van der Waals surface area contributed by atoms with Crippen LogP contribution in [0.4, 0.5) is 17.6 Å². The Morgan fingerprint density at radius 3 is 1.35 bits per heavy atom. The van der Waals surface area contributed by atoms with Gasteiger partial charge in [0.15, 0.2) is 23.3 Å². The molecule has 6 heteroatoms. The van der Waals surface area contributed by atoms with Crippen molar-refractivity contribution in [3.63, 3.8) is 0 Å². The fourth-order valence-electron chi connectivity index (χ4n) is 7.96. The van der Waals surface area contributed by atoms with Crippen LogP contribution < -0.4 is 0 Å². The molecule has 0 heterocycles. The molecule has 0 radical (unpaired) electrons. The SMILES string of the molecule is CC(C)[C@H]1CC[C@@H](C)C[C@H]1OCC1=C[C@H]2C(CO[C@@H]3C[C@H](C)CC[C@@H]3C(C)C)=C[C@@H]1c1c(F)c(F)c(F)c(F)c12. The van der Waals surface area contributed by atoms with E-state index >= 15 is 8.78 Å². The van der Waals surface area contributed by atoms with Gasteiger partial charge in [-0.05, 0) is 72.3 Å². The molecule has 40 heavy (non-hydrogen) atoms. The molecule has 2 nitrogen and oxygen atoms in total. The highest BCUT2D eigenvalue weighted by Gasteiger charge is 2.43. The van der Waals surface area contributed by atoms with Gasteiger partial charge in [-0.15, -0.1) is 0 Å². The van der Waals surface area contributed by atoms with E-state index in [1.807, 2.05) is 12.2 Å². The van der Waals surface area contributed by atoms with Gasteiger partial charge in [-0.2, -0.15) is 0 Å². The predicted molar refractivity (Wildman–Crippen MR) is 150 cm³/mol. The molecule has 2 saturated carbocycles. The van der Waals surface area contributed by atoms with Crippen molar-refractivity contribution in [3.05, 3.63) is 57.7 Å². The Morgan fingerprint density at radius 2 is 1.00 bits per heavy atom. The lowest BCUT2D eigenvalue weighted by Gasteiger charge is -2.41. The molecule has 0 amide bonds. The van der Waals surface area contributed by atoms with Crippen LogP contribution in [0.25, 0.3) is 0 Å². The van der Waals surface area contributed by atoms with Crippen molar-refractivity contribution in [3.8, 4) is 0 Å². The normalized spacial score (nSPS) is 33.8. The van der Waals surface area contributed by atoms with Crippen LogP contribution in [0.2, 0.25) is 0 Å². The second kappa shape index (κ2) is 11.9. The molecule has 0 unspecified atom stereocenters. The van der Waals surface area contributed by atoms with Gasteiger partial charge in [-0.1, -0.05) is 66.5 Å². The third-order valence-corrected chi connectivity index (χ3v) is 10.4. The molecule has 1 aromatic carbocycles. The highest BCUT2D eigenvalue weighted by atomic mass is 19.2. The van der Waals surface area contributed by atoms with E-state index in [9.17, 15) is 8.78 Å². The van der Waals surface area contributed by atoms with Gasteiger partial charge in [0, 0.05) is 23.0 Å². The maximum Gasteiger partial charge on any atom is 0.197 e. The first-order valence-corrected chi connectivity index (χ1v) is 15.5. The van der Waals surface area contributed by atoms with E-state index in [-0.39, 0.29) is 36.5 Å². The summed E-state index contributed by atoms with van der Waals surface area (Å²) in [4.78, 5) is 0. The molecular weight excluding hydrogens is 516 g/mol. The Hall–Kier alpha value is -1.66. The Bertz CT molecular complexity index is 1070. The smallest absolute Gasteiger partial charge is 0.197 e. The maximum atomic E-state index is 15.2. The van der Waals surface area contributed by atoms with Gasteiger partial charge in [0.1, 0.15) is 0 Å². The Balaban J connectivity index is 1.41. The summed E-state index contributed by atoms with van der Waals surface area (Å²) in [6, 6.07) is 0. The number of benzene rings is 1. The van der Waals surface area contributed by atoms with E-state index < -0.39 is 35.1 Å². The molecule has 1 aromatic rings. The molecule has 222 valence electrons. The fraction of sp³-hybridized carbons (Fsp3) is 0.706. The van der Waals surface area contributed by atoms with Crippen molar-refractivity contribution in [1.29, 1.82) is 0 Å². The topological polar surface area (TPSA) is 18.5 Å². The molecule has 0 N–H and O–H groups in total. The molecule has 6 rings (SSSR count). The number of halogens is 4. The van der Waals surface area contributed by atoms with Gasteiger partial charge in [-0.3, -0.25) is 0 Å². The Morgan fingerprint density at radius 1 is 0.625 bits per heavy atom. The summed E-state index contributed by atoms with van der Waals surface area (Å²) in [5.41, 5.74) is 1.40. The monoisotopic (exact) mass is 562 g/mol. The molecule has 0 aliphatic heterocycles. The largest absolute Gasteiger partial charge is 0.374 e. The molecule has 5 aliphatic rings. The minimum Gasteiger partial charge on any atom is -0.374 e. The second-order valence-electron chi connectivity index (χ2n) is 13.9. The van der Waals surface area contributed by atoms with Crippen molar-refractivity contribution < 1.29 is 27.0 Å². The highest BCUT2D eigenvalue weighted by Crippen LogP contribution is 2.51. The standard InChI is InChI=1S/C34H46F4O2/c1-17(2)23-9-7-19(5)11-27(23)39-15-21-13-26-22(16-40-28-12-20(6)8-10-24(28)18(3)4)14-25(21)29-30(26)32(36)34(38)33(37)31(29)35/h13-14,17-20,23-28H,7-12,15-16H2,1-6H3/t19-,20-,23-,24-,25+,26+,27-,28-/m1/s1. The zero-order valence-electron chi connectivity index (χ0n) is 24.9. The molecule has 0 spiro atoms. The van der Waals surface area contributed by atoms with E-state index in [1.165, 1.54) is 12.8 Å². The zero-order valence-corrected chi connectivity index (χ0v) is 24.9. The van der Waals surface area contributed by atoms with Crippen LogP contribution in [0.5, 0.6) is 0 Å². The van der Waals surface area contributed by atoms with Gasteiger partial charge in [0.25, 0.3) is 0 Å². The number of rotatable bonds is 8. The molecule has 0 aromatic heterocycles. The van der Waals surface area contributed by atoms with E-state index in [0.717, 1.165) is 36.8 Å². The van der Waals surface area contributed by atoms with Crippen molar-refractivity contribution in [2.24, 2.45) is 35.5 Å². The van der Waals surface area contributed by atoms with Gasteiger partial charge in [-0.25, -0.2) is 17.6 Å². The van der Waals surface area contributed by atoms with Crippen LogP contribution in [-0.4, -0.2) is 25.4 Å². The van der Waals surface area contributed by atoms with Gasteiger partial charge < -0.3 is 9.47 Å². The van der Waals surface area contributed by atoms with Gasteiger partial charge >= 0.3 is 0 Å². The van der Waals surface area contributed by atoms with Crippen LogP contribution in [0.15, 0.2) is 23.3 Å². The minimum atomic E-state index is -1.74. The minimum absolute atomic E-state index is 0.0872. The predicted octanol–water partition coefficient (Wildman–Crippen LogP) is 9.25. The lowest BCUT2D eigenvalue weighted by atomic mass is 9.68. The molecule has 2 bridgehead atoms. The summed E-state index contributed by atoms with van der Waals surface area (Å²) in [5.74, 6) is -4.48. The van der Waals surface area contributed by atoms with Crippen LogP contribution in [-0.2, 0) is 9.47 Å². The zero-order chi connectivity index (χ0) is 28.9. The Kier molecular flexibility index (Phi) is 8.88. The fourth-order valence-corrected chi connectivity index (χ4v) is 7.96. The van der Waals surface area contributed by atoms with Gasteiger partial charge in [0.05, 0.1) is 25.4 Å². The summed E-state index contributed by atoms with van der Waals surface area (Å²) < 4.78 is 72.4. The van der Waals surface area contributed by atoms with Crippen molar-refractivity contribution >= 4 is 0 Å². The molecular formula is C34H46F4O2. The average Bonchev–Trinajstić information content (AvgIpc) is 2.92. The number of hydrogen-bond donors (Lipinski definition) is 0. The Labute approximate surface area is 237 Å². The summed E-state index contributed by atoms with van der Waals surface area (Å²) >= 11 is 0. The molecule has 0 saturated heterocycles. The molecule has 8 atom stereocenters. The van der Waals surface area contributed by atoms with E-state index in [4.69, 9.17) is 9.47 Å². The van der Waals surface area contributed by atoms with E-state index in [0.29, 0.717) is 35.5 Å². The van der Waals surface area contributed by atoms with Crippen molar-refractivity contribution in [1.82, 2.24) is 0 Å². The van der Waals surface area contributed by atoms with Crippen LogP contribution in [0, 0.1) is 58.8 Å². The third-order valence-electron chi connectivity index (χ3n) is 10.4. The summed E-state index contributed by atoms with van der Waals surface area (Å²) in [6.07, 6.45) is 10.5.